The van der Waals surface area contributed by atoms with Crippen molar-refractivity contribution >= 4 is 50.1 Å². The van der Waals surface area contributed by atoms with E-state index in [1.807, 2.05) is 35.2 Å². The Morgan fingerprint density at radius 2 is 2.10 bits per heavy atom. The molecule has 108 valence electrons. The van der Waals surface area contributed by atoms with E-state index in [0.717, 1.165) is 32.3 Å². The lowest BCUT2D eigenvalue weighted by Crippen LogP contribution is -2.36. The van der Waals surface area contributed by atoms with E-state index >= 15 is 0 Å². The molecule has 0 unspecified atom stereocenters. The third-order valence-corrected chi connectivity index (χ3v) is 5.12. The summed E-state index contributed by atoms with van der Waals surface area (Å²) in [5.74, 6) is 0.0503. The molecule has 2 N–H and O–H groups in total. The summed E-state index contributed by atoms with van der Waals surface area (Å²) in [6, 6.07) is 11.8. The van der Waals surface area contributed by atoms with Gasteiger partial charge in [0.05, 0.1) is 5.56 Å². The van der Waals surface area contributed by atoms with Crippen LogP contribution in [0.1, 0.15) is 21.5 Å². The first kappa shape index (κ1) is 14.8. The highest BCUT2D eigenvalue weighted by Gasteiger charge is 2.24. The normalized spacial score (nSPS) is 13.9. The van der Waals surface area contributed by atoms with E-state index in [2.05, 4.69) is 44.6 Å². The minimum absolute atomic E-state index is 0.0503. The number of carbonyl (C=O) groups excluding carboxylic acids is 1. The highest BCUT2D eigenvalue weighted by Crippen LogP contribution is 2.27. The maximum atomic E-state index is 12.7. The molecule has 2 aromatic rings. The summed E-state index contributed by atoms with van der Waals surface area (Å²) in [4.78, 5) is 14.6. The molecule has 21 heavy (non-hydrogen) atoms. The number of benzene rings is 2. The molecular weight excluding hydrogens is 443 g/mol. The van der Waals surface area contributed by atoms with E-state index in [9.17, 15) is 4.79 Å². The van der Waals surface area contributed by atoms with Crippen LogP contribution in [0.25, 0.3) is 0 Å². The van der Waals surface area contributed by atoms with Crippen LogP contribution in [0, 0.1) is 3.57 Å². The van der Waals surface area contributed by atoms with E-state index in [0.29, 0.717) is 12.1 Å². The number of nitrogen functional groups attached to an aromatic ring is 1. The van der Waals surface area contributed by atoms with Crippen molar-refractivity contribution in [1.82, 2.24) is 4.90 Å². The lowest BCUT2D eigenvalue weighted by atomic mass is 9.97. The SMILES string of the molecule is Nc1cccc2c1CN(C(=O)c1cc(I)ccc1Br)CC2. The predicted molar refractivity (Wildman–Crippen MR) is 96.2 cm³/mol. The summed E-state index contributed by atoms with van der Waals surface area (Å²) in [5, 5.41) is 0. The van der Waals surface area contributed by atoms with Gasteiger partial charge in [0, 0.05) is 26.8 Å². The average Bonchev–Trinajstić information content (AvgIpc) is 2.49. The minimum atomic E-state index is 0.0503. The topological polar surface area (TPSA) is 46.3 Å². The van der Waals surface area contributed by atoms with Gasteiger partial charge in [-0.05, 0) is 80.3 Å². The van der Waals surface area contributed by atoms with E-state index in [1.165, 1.54) is 5.56 Å². The van der Waals surface area contributed by atoms with Crippen molar-refractivity contribution < 1.29 is 4.79 Å². The number of halogens is 2. The standard InChI is InChI=1S/C16H14BrIN2O/c17-14-5-4-11(18)8-12(14)16(21)20-7-6-10-2-1-3-15(19)13(10)9-20/h1-5,8H,6-7,9,19H2. The Morgan fingerprint density at radius 1 is 1.29 bits per heavy atom. The first-order valence-corrected chi connectivity index (χ1v) is 8.54. The summed E-state index contributed by atoms with van der Waals surface area (Å²) in [7, 11) is 0. The van der Waals surface area contributed by atoms with Crippen molar-refractivity contribution in [2.75, 3.05) is 12.3 Å². The van der Waals surface area contributed by atoms with E-state index < -0.39 is 0 Å². The Bertz CT molecular complexity index is 717. The number of hydrogen-bond acceptors (Lipinski definition) is 2. The molecule has 1 heterocycles. The smallest absolute Gasteiger partial charge is 0.255 e. The molecule has 5 heteroatoms. The van der Waals surface area contributed by atoms with Gasteiger partial charge in [-0.2, -0.15) is 0 Å². The molecule has 0 aromatic heterocycles. The molecule has 0 saturated heterocycles. The van der Waals surface area contributed by atoms with Crippen LogP contribution in [0.2, 0.25) is 0 Å². The average molecular weight is 457 g/mol. The van der Waals surface area contributed by atoms with Gasteiger partial charge in [0.2, 0.25) is 0 Å². The van der Waals surface area contributed by atoms with E-state index in [1.54, 1.807) is 0 Å². The monoisotopic (exact) mass is 456 g/mol. The summed E-state index contributed by atoms with van der Waals surface area (Å²) in [6.07, 6.45) is 0.855. The zero-order valence-electron chi connectivity index (χ0n) is 11.3. The van der Waals surface area contributed by atoms with Gasteiger partial charge < -0.3 is 10.6 Å². The summed E-state index contributed by atoms with van der Waals surface area (Å²) in [6.45, 7) is 1.31. The van der Waals surface area contributed by atoms with Crippen molar-refractivity contribution in [3.8, 4) is 0 Å². The maximum Gasteiger partial charge on any atom is 0.255 e. The number of fused-ring (bicyclic) bond motifs is 1. The molecule has 0 spiro atoms. The molecule has 3 rings (SSSR count). The molecule has 0 saturated carbocycles. The number of hydrogen-bond donors (Lipinski definition) is 1. The highest BCUT2D eigenvalue weighted by atomic mass is 127. The summed E-state index contributed by atoms with van der Waals surface area (Å²) < 4.78 is 1.89. The number of anilines is 1. The van der Waals surface area contributed by atoms with Crippen molar-refractivity contribution in [2.24, 2.45) is 0 Å². The number of amides is 1. The first-order chi connectivity index (χ1) is 10.1. The highest BCUT2D eigenvalue weighted by molar-refractivity contribution is 14.1. The van der Waals surface area contributed by atoms with Gasteiger partial charge in [-0.3, -0.25) is 4.79 Å². The fourth-order valence-electron chi connectivity index (χ4n) is 2.61. The molecule has 0 radical (unpaired) electrons. The second-order valence-corrected chi connectivity index (χ2v) is 7.19. The molecule has 0 aliphatic carbocycles. The van der Waals surface area contributed by atoms with Crippen LogP contribution >= 0.6 is 38.5 Å². The third kappa shape index (κ3) is 2.94. The van der Waals surface area contributed by atoms with Gasteiger partial charge in [0.1, 0.15) is 0 Å². The Kier molecular flexibility index (Phi) is 4.21. The van der Waals surface area contributed by atoms with Crippen LogP contribution in [-0.4, -0.2) is 17.4 Å². The van der Waals surface area contributed by atoms with Gasteiger partial charge in [-0.1, -0.05) is 12.1 Å². The van der Waals surface area contributed by atoms with Gasteiger partial charge in [-0.15, -0.1) is 0 Å². The van der Waals surface area contributed by atoms with Crippen LogP contribution in [0.3, 0.4) is 0 Å². The van der Waals surface area contributed by atoms with Crippen molar-refractivity contribution in [1.29, 1.82) is 0 Å². The first-order valence-electron chi connectivity index (χ1n) is 6.67. The second kappa shape index (κ2) is 5.96. The third-order valence-electron chi connectivity index (χ3n) is 3.76. The van der Waals surface area contributed by atoms with Crippen molar-refractivity contribution in [3.05, 3.63) is 61.1 Å². The fourth-order valence-corrected chi connectivity index (χ4v) is 3.52. The predicted octanol–water partition coefficient (Wildman–Crippen LogP) is 3.83. The summed E-state index contributed by atoms with van der Waals surface area (Å²) in [5.41, 5.74) is 9.86. The molecular formula is C16H14BrIN2O. The largest absolute Gasteiger partial charge is 0.398 e. The molecule has 3 nitrogen and oxygen atoms in total. The Morgan fingerprint density at radius 3 is 2.90 bits per heavy atom. The Labute approximate surface area is 145 Å². The number of rotatable bonds is 1. The lowest BCUT2D eigenvalue weighted by Gasteiger charge is -2.30. The number of carbonyl (C=O) groups is 1. The van der Waals surface area contributed by atoms with Crippen molar-refractivity contribution in [2.45, 2.75) is 13.0 Å². The lowest BCUT2D eigenvalue weighted by molar-refractivity contribution is 0.0734. The van der Waals surface area contributed by atoms with Crippen molar-refractivity contribution in [3.63, 3.8) is 0 Å². The Balaban J connectivity index is 1.91. The van der Waals surface area contributed by atoms with Crippen LogP contribution in [-0.2, 0) is 13.0 Å². The van der Waals surface area contributed by atoms with Gasteiger partial charge in [0.15, 0.2) is 0 Å². The van der Waals surface area contributed by atoms with Gasteiger partial charge in [-0.25, -0.2) is 0 Å². The van der Waals surface area contributed by atoms with Crippen LogP contribution < -0.4 is 5.73 Å². The van der Waals surface area contributed by atoms with E-state index in [4.69, 9.17) is 5.73 Å². The second-order valence-electron chi connectivity index (χ2n) is 5.09. The van der Waals surface area contributed by atoms with Gasteiger partial charge in [0.25, 0.3) is 5.91 Å². The molecule has 2 aromatic carbocycles. The Hall–Kier alpha value is -1.08. The minimum Gasteiger partial charge on any atom is -0.398 e. The number of nitrogens with zero attached hydrogens (tertiary/aromatic N) is 1. The van der Waals surface area contributed by atoms with Crippen LogP contribution in [0.5, 0.6) is 0 Å². The molecule has 1 aliphatic rings. The quantitative estimate of drug-likeness (QED) is 0.523. The summed E-state index contributed by atoms with van der Waals surface area (Å²) >= 11 is 5.69. The molecule has 0 bridgehead atoms. The molecule has 0 fully saturated rings. The zero-order chi connectivity index (χ0) is 15.0. The zero-order valence-corrected chi connectivity index (χ0v) is 15.0. The van der Waals surface area contributed by atoms with Crippen LogP contribution in [0.15, 0.2) is 40.9 Å². The maximum absolute atomic E-state index is 12.7. The van der Waals surface area contributed by atoms with Gasteiger partial charge >= 0.3 is 0 Å². The van der Waals surface area contributed by atoms with Crippen LogP contribution in [0.4, 0.5) is 5.69 Å². The molecule has 0 atom stereocenters. The molecule has 1 aliphatic heterocycles. The van der Waals surface area contributed by atoms with E-state index in [-0.39, 0.29) is 5.91 Å². The number of nitrogens with two attached hydrogens (primary N) is 1. The fraction of sp³-hybridized carbons (Fsp3) is 0.188. The molecule has 1 amide bonds.